The van der Waals surface area contributed by atoms with Gasteiger partial charge in [-0.05, 0) is 18.4 Å². The van der Waals surface area contributed by atoms with Crippen LogP contribution in [-0.4, -0.2) is 23.7 Å². The Morgan fingerprint density at radius 3 is 2.68 bits per heavy atom. The van der Waals surface area contributed by atoms with E-state index in [1.54, 1.807) is 0 Å². The summed E-state index contributed by atoms with van der Waals surface area (Å²) in [6, 6.07) is 9.36. The minimum atomic E-state index is -0.470. The number of rotatable bonds is 7. The maximum Gasteiger partial charge on any atom is 0.407 e. The fourth-order valence-corrected chi connectivity index (χ4v) is 1.71. The number of carbonyl (C=O) groups excluding carboxylic acids is 1. The van der Waals surface area contributed by atoms with Crippen molar-refractivity contribution < 1.29 is 9.53 Å². The maximum atomic E-state index is 11.6. The van der Waals surface area contributed by atoms with Gasteiger partial charge in [0.25, 0.3) is 0 Å². The molecule has 0 heterocycles. The third kappa shape index (κ3) is 6.20. The first-order valence-corrected chi connectivity index (χ1v) is 6.80. The average molecular weight is 280 g/mol. The van der Waals surface area contributed by atoms with E-state index in [0.29, 0.717) is 13.0 Å². The zero-order valence-corrected chi connectivity index (χ0v) is 11.9. The summed E-state index contributed by atoms with van der Waals surface area (Å²) in [5, 5.41) is 2.70. The van der Waals surface area contributed by atoms with Crippen LogP contribution in [0.25, 0.3) is 0 Å². The molecule has 0 fully saturated rings. The zero-order valence-electron chi connectivity index (χ0n) is 11.1. The van der Waals surface area contributed by atoms with Gasteiger partial charge in [-0.15, -0.1) is 0 Å². The summed E-state index contributed by atoms with van der Waals surface area (Å²) in [7, 11) is 0. The minimum absolute atomic E-state index is 0.260. The normalized spacial score (nSPS) is 11.6. The van der Waals surface area contributed by atoms with Gasteiger partial charge in [0.2, 0.25) is 0 Å². The Labute approximate surface area is 119 Å². The number of thiocarbonyl (C=S) groups is 1. The lowest BCUT2D eigenvalue weighted by Gasteiger charge is -2.17. The Balaban J connectivity index is 2.49. The molecule has 0 saturated carbocycles. The molecule has 1 rings (SSSR count). The summed E-state index contributed by atoms with van der Waals surface area (Å²) in [6.45, 7) is 2.45. The molecule has 3 N–H and O–H groups in total. The van der Waals surface area contributed by atoms with Crippen LogP contribution < -0.4 is 11.1 Å². The van der Waals surface area contributed by atoms with Crippen molar-refractivity contribution in [1.29, 1.82) is 0 Å². The smallest absolute Gasteiger partial charge is 0.407 e. The number of ether oxygens (including phenoxy) is 1. The highest BCUT2D eigenvalue weighted by Gasteiger charge is 2.16. The summed E-state index contributed by atoms with van der Waals surface area (Å²) >= 11 is 4.98. The van der Waals surface area contributed by atoms with Crippen LogP contribution in [0.3, 0.4) is 0 Å². The van der Waals surface area contributed by atoms with Gasteiger partial charge in [0.15, 0.2) is 0 Å². The highest BCUT2D eigenvalue weighted by molar-refractivity contribution is 7.80. The average Bonchev–Trinajstić information content (AvgIpc) is 2.39. The number of hydrogen-bond donors (Lipinski definition) is 2. The third-order valence-electron chi connectivity index (χ3n) is 2.65. The van der Waals surface area contributed by atoms with Crippen LogP contribution in [0.4, 0.5) is 4.79 Å². The molecule has 19 heavy (non-hydrogen) atoms. The van der Waals surface area contributed by atoms with Crippen LogP contribution >= 0.6 is 12.2 Å². The van der Waals surface area contributed by atoms with Crippen molar-refractivity contribution >= 4 is 23.3 Å². The zero-order chi connectivity index (χ0) is 14.1. The SMILES string of the molecule is CCCCOC(=O)NC(Cc1ccccc1)C(N)=S. The van der Waals surface area contributed by atoms with E-state index in [-0.39, 0.29) is 11.0 Å². The van der Waals surface area contributed by atoms with Crippen molar-refractivity contribution in [2.24, 2.45) is 5.73 Å². The second-order valence-electron chi connectivity index (χ2n) is 4.28. The molecule has 5 heteroatoms. The van der Waals surface area contributed by atoms with Crippen molar-refractivity contribution in [1.82, 2.24) is 5.32 Å². The summed E-state index contributed by atoms with van der Waals surface area (Å²) < 4.78 is 5.04. The van der Waals surface area contributed by atoms with E-state index in [1.807, 2.05) is 37.3 Å². The number of hydrogen-bond acceptors (Lipinski definition) is 3. The molecule has 1 unspecified atom stereocenters. The van der Waals surface area contributed by atoms with E-state index in [1.165, 1.54) is 0 Å². The van der Waals surface area contributed by atoms with E-state index in [0.717, 1.165) is 18.4 Å². The molecule has 0 aliphatic carbocycles. The predicted molar refractivity (Wildman–Crippen MR) is 80.1 cm³/mol. The number of benzene rings is 1. The van der Waals surface area contributed by atoms with Crippen molar-refractivity contribution in [3.05, 3.63) is 35.9 Å². The Bertz CT molecular complexity index is 409. The number of unbranched alkanes of at least 4 members (excludes halogenated alkanes) is 1. The fourth-order valence-electron chi connectivity index (χ4n) is 1.57. The number of nitrogens with two attached hydrogens (primary N) is 1. The van der Waals surface area contributed by atoms with Gasteiger partial charge in [-0.3, -0.25) is 0 Å². The van der Waals surface area contributed by atoms with Crippen LogP contribution in [0.1, 0.15) is 25.3 Å². The van der Waals surface area contributed by atoms with E-state index >= 15 is 0 Å². The predicted octanol–water partition coefficient (Wildman–Crippen LogP) is 2.41. The molecule has 0 aliphatic heterocycles. The largest absolute Gasteiger partial charge is 0.450 e. The van der Waals surface area contributed by atoms with Gasteiger partial charge in [-0.25, -0.2) is 4.79 Å². The Kier molecular flexibility index (Phi) is 6.89. The van der Waals surface area contributed by atoms with Gasteiger partial charge in [-0.2, -0.15) is 0 Å². The van der Waals surface area contributed by atoms with E-state index in [9.17, 15) is 4.79 Å². The van der Waals surface area contributed by atoms with Crippen LogP contribution in [0.2, 0.25) is 0 Å². The van der Waals surface area contributed by atoms with Gasteiger partial charge < -0.3 is 15.8 Å². The lowest BCUT2D eigenvalue weighted by molar-refractivity contribution is 0.143. The summed E-state index contributed by atoms with van der Waals surface area (Å²) in [6.07, 6.45) is 1.93. The van der Waals surface area contributed by atoms with E-state index in [4.69, 9.17) is 22.7 Å². The molecule has 1 aromatic carbocycles. The first-order chi connectivity index (χ1) is 9.13. The Morgan fingerprint density at radius 1 is 1.42 bits per heavy atom. The van der Waals surface area contributed by atoms with Crippen molar-refractivity contribution in [2.75, 3.05) is 6.61 Å². The molecule has 0 bridgehead atoms. The Morgan fingerprint density at radius 2 is 2.11 bits per heavy atom. The van der Waals surface area contributed by atoms with Gasteiger partial charge >= 0.3 is 6.09 Å². The molecule has 1 amide bonds. The van der Waals surface area contributed by atoms with Crippen molar-refractivity contribution in [2.45, 2.75) is 32.2 Å². The molecule has 0 saturated heterocycles. The first-order valence-electron chi connectivity index (χ1n) is 6.40. The monoisotopic (exact) mass is 280 g/mol. The molecule has 0 aliphatic rings. The lowest BCUT2D eigenvalue weighted by Crippen LogP contribution is -2.45. The molecule has 0 radical (unpaired) electrons. The topological polar surface area (TPSA) is 64.3 Å². The summed E-state index contributed by atoms with van der Waals surface area (Å²) in [5.74, 6) is 0. The van der Waals surface area contributed by atoms with Gasteiger partial charge in [0.05, 0.1) is 17.6 Å². The van der Waals surface area contributed by atoms with Crippen LogP contribution in [0.15, 0.2) is 30.3 Å². The highest BCUT2D eigenvalue weighted by atomic mass is 32.1. The van der Waals surface area contributed by atoms with Gasteiger partial charge in [-0.1, -0.05) is 55.9 Å². The van der Waals surface area contributed by atoms with Gasteiger partial charge in [0, 0.05) is 0 Å². The standard InChI is InChI=1S/C14H20N2O2S/c1-2-3-9-18-14(17)16-12(13(15)19)10-11-7-5-4-6-8-11/h4-8,12H,2-3,9-10H2,1H3,(H2,15,19)(H,16,17). The third-order valence-corrected chi connectivity index (χ3v) is 2.93. The quantitative estimate of drug-likeness (QED) is 0.594. The second kappa shape index (κ2) is 8.48. The number of carbonyl (C=O) groups is 1. The number of nitrogens with one attached hydrogen (secondary N) is 1. The van der Waals surface area contributed by atoms with Crippen LogP contribution in [-0.2, 0) is 11.2 Å². The Hall–Kier alpha value is -1.62. The minimum Gasteiger partial charge on any atom is -0.450 e. The maximum absolute atomic E-state index is 11.6. The lowest BCUT2D eigenvalue weighted by atomic mass is 10.1. The van der Waals surface area contributed by atoms with Crippen molar-refractivity contribution in [3.8, 4) is 0 Å². The second-order valence-corrected chi connectivity index (χ2v) is 4.75. The van der Waals surface area contributed by atoms with Crippen LogP contribution in [0.5, 0.6) is 0 Å². The molecule has 1 atom stereocenters. The van der Waals surface area contributed by atoms with Gasteiger partial charge in [0.1, 0.15) is 0 Å². The molecular formula is C14H20N2O2S. The number of amides is 1. The molecule has 104 valence electrons. The molecule has 1 aromatic rings. The summed E-state index contributed by atoms with van der Waals surface area (Å²) in [5.41, 5.74) is 6.71. The summed E-state index contributed by atoms with van der Waals surface area (Å²) in [4.78, 5) is 11.8. The molecule has 4 nitrogen and oxygen atoms in total. The van der Waals surface area contributed by atoms with E-state index in [2.05, 4.69) is 5.32 Å². The number of alkyl carbamates (subject to hydrolysis) is 1. The first kappa shape index (κ1) is 15.4. The molecular weight excluding hydrogens is 260 g/mol. The van der Waals surface area contributed by atoms with Crippen molar-refractivity contribution in [3.63, 3.8) is 0 Å². The highest BCUT2D eigenvalue weighted by Crippen LogP contribution is 2.04. The fraction of sp³-hybridized carbons (Fsp3) is 0.429. The van der Waals surface area contributed by atoms with Crippen LogP contribution in [0, 0.1) is 0 Å². The molecule has 0 aromatic heterocycles. The van der Waals surface area contributed by atoms with E-state index < -0.39 is 6.09 Å². The molecule has 0 spiro atoms.